The number of hydrogen-bond donors (Lipinski definition) is 1. The summed E-state index contributed by atoms with van der Waals surface area (Å²) in [6, 6.07) is 12.1. The molecule has 4 rings (SSSR count). The Bertz CT molecular complexity index is 971. The number of primary amides is 1. The summed E-state index contributed by atoms with van der Waals surface area (Å²) in [7, 11) is -3.83. The van der Waals surface area contributed by atoms with Crippen molar-refractivity contribution in [3.63, 3.8) is 0 Å². The predicted molar refractivity (Wildman–Crippen MR) is 97.7 cm³/mol. The minimum absolute atomic E-state index is 0.133. The molecule has 2 aromatic carbocycles. The average Bonchev–Trinajstić information content (AvgIpc) is 2.66. The van der Waals surface area contributed by atoms with Gasteiger partial charge >= 0.3 is 0 Å². The number of fused-ring (bicyclic) bond motifs is 2. The normalized spacial score (nSPS) is 19.2. The third-order valence-electron chi connectivity index (χ3n) is 4.96. The van der Waals surface area contributed by atoms with Crippen molar-refractivity contribution in [3.05, 3.63) is 53.6 Å². The lowest BCUT2D eigenvalue weighted by molar-refractivity contribution is -0.124. The van der Waals surface area contributed by atoms with E-state index < -0.39 is 22.0 Å². The maximum atomic E-state index is 13.3. The number of hydrogen-bond acceptors (Lipinski definition) is 4. The Labute approximate surface area is 152 Å². The first-order chi connectivity index (χ1) is 12.5. The van der Waals surface area contributed by atoms with Crippen molar-refractivity contribution in [1.82, 2.24) is 0 Å². The number of nitrogens with two attached hydrogens (primary N) is 1. The Balaban J connectivity index is 1.78. The molecule has 1 heterocycles. The first-order valence-corrected chi connectivity index (χ1v) is 10.1. The summed E-state index contributed by atoms with van der Waals surface area (Å²) in [5.41, 5.74) is 8.10. The van der Waals surface area contributed by atoms with Gasteiger partial charge in [0, 0.05) is 0 Å². The van der Waals surface area contributed by atoms with Gasteiger partial charge in [0.25, 0.3) is 15.9 Å². The van der Waals surface area contributed by atoms with E-state index in [1.807, 2.05) is 6.07 Å². The molecule has 1 aliphatic carbocycles. The van der Waals surface area contributed by atoms with E-state index >= 15 is 0 Å². The van der Waals surface area contributed by atoms with E-state index in [1.54, 1.807) is 36.4 Å². The molecule has 1 amide bonds. The van der Waals surface area contributed by atoms with Crippen LogP contribution in [0.4, 0.5) is 5.69 Å². The molecule has 136 valence electrons. The van der Waals surface area contributed by atoms with E-state index in [2.05, 4.69) is 0 Å². The highest BCUT2D eigenvalue weighted by molar-refractivity contribution is 7.92. The number of ether oxygens (including phenoxy) is 1. The fourth-order valence-corrected chi connectivity index (χ4v) is 5.10. The van der Waals surface area contributed by atoms with Crippen LogP contribution < -0.4 is 14.8 Å². The molecule has 0 saturated carbocycles. The third-order valence-corrected chi connectivity index (χ3v) is 6.74. The molecule has 1 atom stereocenters. The fourth-order valence-electron chi connectivity index (χ4n) is 3.58. The number of carbonyl (C=O) groups excluding carboxylic acids is 1. The second kappa shape index (κ2) is 6.32. The zero-order valence-corrected chi connectivity index (χ0v) is 15.0. The van der Waals surface area contributed by atoms with Gasteiger partial charge in [0.15, 0.2) is 6.10 Å². The topological polar surface area (TPSA) is 89.7 Å². The highest BCUT2D eigenvalue weighted by atomic mass is 32.2. The Morgan fingerprint density at radius 1 is 1.08 bits per heavy atom. The minimum Gasteiger partial charge on any atom is -0.476 e. The quantitative estimate of drug-likeness (QED) is 0.892. The molecule has 0 spiro atoms. The van der Waals surface area contributed by atoms with Crippen molar-refractivity contribution in [1.29, 1.82) is 0 Å². The van der Waals surface area contributed by atoms with Crippen molar-refractivity contribution in [2.24, 2.45) is 5.73 Å². The SMILES string of the molecule is NC(=O)[C@H]1CN(S(=O)(=O)c2ccc3c(c2)CCCC3)c2ccccc2O1. The number of anilines is 1. The zero-order valence-electron chi connectivity index (χ0n) is 14.2. The maximum Gasteiger partial charge on any atom is 0.264 e. The number of sulfonamides is 1. The first kappa shape index (κ1) is 16.9. The summed E-state index contributed by atoms with van der Waals surface area (Å²) in [4.78, 5) is 11.9. The van der Waals surface area contributed by atoms with Crippen LogP contribution in [0.1, 0.15) is 24.0 Å². The molecule has 0 unspecified atom stereocenters. The second-order valence-electron chi connectivity index (χ2n) is 6.65. The molecule has 2 N–H and O–H groups in total. The summed E-state index contributed by atoms with van der Waals surface area (Å²) >= 11 is 0. The number of nitrogens with zero attached hydrogens (tertiary/aromatic N) is 1. The van der Waals surface area contributed by atoms with E-state index in [9.17, 15) is 13.2 Å². The van der Waals surface area contributed by atoms with Gasteiger partial charge in [-0.15, -0.1) is 0 Å². The van der Waals surface area contributed by atoms with Gasteiger partial charge in [-0.1, -0.05) is 18.2 Å². The van der Waals surface area contributed by atoms with Crippen LogP contribution in [0.15, 0.2) is 47.4 Å². The van der Waals surface area contributed by atoms with Gasteiger partial charge in [0.2, 0.25) is 0 Å². The highest BCUT2D eigenvalue weighted by Crippen LogP contribution is 2.37. The summed E-state index contributed by atoms with van der Waals surface area (Å²) in [5.74, 6) is -0.353. The molecule has 0 aromatic heterocycles. The molecule has 0 fully saturated rings. The second-order valence-corrected chi connectivity index (χ2v) is 8.51. The van der Waals surface area contributed by atoms with Crippen molar-refractivity contribution in [2.75, 3.05) is 10.8 Å². The third kappa shape index (κ3) is 2.82. The Kier molecular flexibility index (Phi) is 4.11. The maximum absolute atomic E-state index is 13.3. The van der Waals surface area contributed by atoms with Gasteiger partial charge in [0.1, 0.15) is 5.75 Å². The number of carbonyl (C=O) groups is 1. The number of benzene rings is 2. The van der Waals surface area contributed by atoms with E-state index in [4.69, 9.17) is 10.5 Å². The average molecular weight is 372 g/mol. The van der Waals surface area contributed by atoms with E-state index in [1.165, 1.54) is 9.87 Å². The smallest absolute Gasteiger partial charge is 0.264 e. The number of para-hydroxylation sites is 2. The van der Waals surface area contributed by atoms with Crippen LogP contribution in [0.2, 0.25) is 0 Å². The monoisotopic (exact) mass is 372 g/mol. The highest BCUT2D eigenvalue weighted by Gasteiger charge is 2.36. The van der Waals surface area contributed by atoms with Gasteiger partial charge in [-0.25, -0.2) is 8.42 Å². The molecule has 2 aromatic rings. The molecule has 1 aliphatic heterocycles. The van der Waals surface area contributed by atoms with Crippen LogP contribution in [0.3, 0.4) is 0 Å². The summed E-state index contributed by atoms with van der Waals surface area (Å²) in [6.45, 7) is -0.133. The molecule has 7 heteroatoms. The largest absolute Gasteiger partial charge is 0.476 e. The van der Waals surface area contributed by atoms with Crippen molar-refractivity contribution >= 4 is 21.6 Å². The number of rotatable bonds is 3. The Morgan fingerprint density at radius 2 is 1.81 bits per heavy atom. The van der Waals surface area contributed by atoms with Gasteiger partial charge in [0.05, 0.1) is 17.1 Å². The Hall–Kier alpha value is -2.54. The summed E-state index contributed by atoms with van der Waals surface area (Å²) in [6.07, 6.45) is 3.07. The Morgan fingerprint density at radius 3 is 2.58 bits per heavy atom. The van der Waals surface area contributed by atoms with Crippen LogP contribution in [0.25, 0.3) is 0 Å². The molecular weight excluding hydrogens is 352 g/mol. The molecule has 0 saturated heterocycles. The van der Waals surface area contributed by atoms with Crippen molar-refractivity contribution in [2.45, 2.75) is 36.7 Å². The van der Waals surface area contributed by atoms with Crippen LogP contribution in [0.5, 0.6) is 5.75 Å². The first-order valence-electron chi connectivity index (χ1n) is 8.66. The van der Waals surface area contributed by atoms with Gasteiger partial charge in [-0.05, 0) is 61.1 Å². The van der Waals surface area contributed by atoms with Crippen molar-refractivity contribution < 1.29 is 17.9 Å². The lowest BCUT2D eigenvalue weighted by atomic mass is 9.92. The van der Waals surface area contributed by atoms with E-state index in [0.29, 0.717) is 11.4 Å². The van der Waals surface area contributed by atoms with Gasteiger partial charge in [-0.2, -0.15) is 0 Å². The van der Waals surface area contributed by atoms with Crippen LogP contribution >= 0.6 is 0 Å². The molecule has 0 radical (unpaired) electrons. The van der Waals surface area contributed by atoms with Crippen LogP contribution in [0, 0.1) is 0 Å². The van der Waals surface area contributed by atoms with Gasteiger partial charge in [-0.3, -0.25) is 9.10 Å². The lowest BCUT2D eigenvalue weighted by Gasteiger charge is -2.34. The molecule has 0 bridgehead atoms. The van der Waals surface area contributed by atoms with Crippen molar-refractivity contribution in [3.8, 4) is 5.75 Å². The summed E-state index contributed by atoms with van der Waals surface area (Å²) in [5, 5.41) is 0. The van der Waals surface area contributed by atoms with Crippen LogP contribution in [-0.2, 0) is 27.7 Å². The number of amides is 1. The minimum atomic E-state index is -3.83. The van der Waals surface area contributed by atoms with Crippen LogP contribution in [-0.4, -0.2) is 27.0 Å². The van der Waals surface area contributed by atoms with E-state index in [-0.39, 0.29) is 11.4 Å². The number of aryl methyl sites for hydroxylation is 2. The zero-order chi connectivity index (χ0) is 18.3. The fraction of sp³-hybridized carbons (Fsp3) is 0.316. The van der Waals surface area contributed by atoms with Gasteiger partial charge < -0.3 is 10.5 Å². The van der Waals surface area contributed by atoms with E-state index in [0.717, 1.165) is 31.2 Å². The predicted octanol–water partition coefficient (Wildman–Crippen LogP) is 2.01. The molecule has 6 nitrogen and oxygen atoms in total. The lowest BCUT2D eigenvalue weighted by Crippen LogP contribution is -2.49. The summed E-state index contributed by atoms with van der Waals surface area (Å²) < 4.78 is 33.4. The molecular formula is C19H20N2O4S. The molecule has 26 heavy (non-hydrogen) atoms. The standard InChI is InChI=1S/C19H20N2O4S/c20-19(22)18-12-21(16-7-3-4-8-17(16)25-18)26(23,24)15-10-9-13-5-1-2-6-14(13)11-15/h3-4,7-11,18H,1-2,5-6,12H2,(H2,20,22)/t18-/m1/s1. The molecule has 2 aliphatic rings.